The third-order valence-electron chi connectivity index (χ3n) is 3.29. The zero-order valence-corrected chi connectivity index (χ0v) is 11.5. The number of rotatable bonds is 3. The van der Waals surface area contributed by atoms with Crippen LogP contribution in [0.3, 0.4) is 0 Å². The number of H-pyrrole nitrogens is 1. The van der Waals surface area contributed by atoms with E-state index >= 15 is 0 Å². The van der Waals surface area contributed by atoms with E-state index in [1.54, 1.807) is 7.11 Å². The summed E-state index contributed by atoms with van der Waals surface area (Å²) in [5, 5.41) is 0.978. The summed E-state index contributed by atoms with van der Waals surface area (Å²) >= 11 is 0. The molecule has 0 saturated heterocycles. The predicted octanol–water partition coefficient (Wildman–Crippen LogP) is 2.40. The van der Waals surface area contributed by atoms with Crippen molar-refractivity contribution in [2.75, 3.05) is 7.11 Å². The van der Waals surface area contributed by atoms with Gasteiger partial charge in [0.25, 0.3) is 0 Å². The maximum Gasteiger partial charge on any atom is 0.141 e. The van der Waals surface area contributed by atoms with Gasteiger partial charge in [-0.05, 0) is 24.6 Å². The first-order valence-electron chi connectivity index (χ1n) is 6.42. The quantitative estimate of drug-likeness (QED) is 0.764. The van der Waals surface area contributed by atoms with Crippen LogP contribution in [-0.4, -0.2) is 22.1 Å². The Kier molecular flexibility index (Phi) is 3.12. The number of nitrogens with one attached hydrogen (secondary N) is 1. The lowest BCUT2D eigenvalue weighted by Gasteiger charge is -2.07. The Morgan fingerprint density at radius 2 is 2.15 bits per heavy atom. The number of nitrogens with zero attached hydrogens (tertiary/aromatic N) is 2. The van der Waals surface area contributed by atoms with Gasteiger partial charge in [-0.15, -0.1) is 0 Å². The minimum Gasteiger partial charge on any atom is -0.497 e. The van der Waals surface area contributed by atoms with Crippen LogP contribution >= 0.6 is 0 Å². The van der Waals surface area contributed by atoms with Crippen LogP contribution in [0, 0.1) is 6.92 Å². The van der Waals surface area contributed by atoms with Gasteiger partial charge in [-0.2, -0.15) is 0 Å². The molecule has 1 aromatic carbocycles. The second-order valence-corrected chi connectivity index (χ2v) is 4.59. The third-order valence-corrected chi connectivity index (χ3v) is 3.29. The minimum absolute atomic E-state index is 0.448. The Morgan fingerprint density at radius 1 is 1.30 bits per heavy atom. The van der Waals surface area contributed by atoms with Gasteiger partial charge in [-0.1, -0.05) is 12.1 Å². The van der Waals surface area contributed by atoms with E-state index in [1.165, 1.54) is 0 Å². The van der Waals surface area contributed by atoms with Crippen molar-refractivity contribution in [3.05, 3.63) is 41.9 Å². The Labute approximate surface area is 116 Å². The normalized spacial score (nSPS) is 10.9. The summed E-state index contributed by atoms with van der Waals surface area (Å²) in [5.41, 5.74) is 9.51. The van der Waals surface area contributed by atoms with Crippen LogP contribution in [0.1, 0.15) is 11.4 Å². The van der Waals surface area contributed by atoms with Crippen molar-refractivity contribution in [3.8, 4) is 17.0 Å². The molecule has 0 atom stereocenters. The number of nitrogens with two attached hydrogens (primary N) is 1. The largest absolute Gasteiger partial charge is 0.497 e. The van der Waals surface area contributed by atoms with Crippen molar-refractivity contribution in [1.29, 1.82) is 0 Å². The number of hydrogen-bond donors (Lipinski definition) is 2. The van der Waals surface area contributed by atoms with E-state index in [9.17, 15) is 0 Å². The third kappa shape index (κ3) is 2.02. The van der Waals surface area contributed by atoms with Crippen LogP contribution in [0.2, 0.25) is 0 Å². The van der Waals surface area contributed by atoms with Crippen LogP contribution in [0.5, 0.6) is 5.75 Å². The molecule has 3 aromatic rings. The molecule has 5 nitrogen and oxygen atoms in total. The number of fused-ring (bicyclic) bond motifs is 1. The van der Waals surface area contributed by atoms with E-state index in [2.05, 4.69) is 15.0 Å². The molecule has 0 spiro atoms. The standard InChI is InChI=1S/C15H16N4O/c1-9-18-14(10-4-3-5-12(6-10)20-2)13-11(7-16)8-17-15(13)19-9/h3-6,8H,7,16H2,1-2H3,(H,17,18,19). The van der Waals surface area contributed by atoms with E-state index in [4.69, 9.17) is 10.5 Å². The number of benzene rings is 1. The van der Waals surface area contributed by atoms with Crippen LogP contribution in [-0.2, 0) is 6.54 Å². The second-order valence-electron chi connectivity index (χ2n) is 4.59. The van der Waals surface area contributed by atoms with Gasteiger partial charge < -0.3 is 15.5 Å². The summed E-state index contributed by atoms with van der Waals surface area (Å²) in [4.78, 5) is 12.2. The molecule has 0 radical (unpaired) electrons. The van der Waals surface area contributed by atoms with Gasteiger partial charge in [-0.3, -0.25) is 0 Å². The summed E-state index contributed by atoms with van der Waals surface area (Å²) in [6.45, 7) is 2.33. The van der Waals surface area contributed by atoms with Gasteiger partial charge in [-0.25, -0.2) is 9.97 Å². The first-order valence-corrected chi connectivity index (χ1v) is 6.42. The summed E-state index contributed by atoms with van der Waals surface area (Å²) in [6, 6.07) is 7.84. The van der Waals surface area contributed by atoms with Crippen molar-refractivity contribution in [2.24, 2.45) is 5.73 Å². The molecular formula is C15H16N4O. The monoisotopic (exact) mass is 268 g/mol. The van der Waals surface area contributed by atoms with Crippen LogP contribution < -0.4 is 10.5 Å². The SMILES string of the molecule is COc1cccc(-c2nc(C)nc3[nH]cc(CN)c23)c1. The molecule has 2 aromatic heterocycles. The van der Waals surface area contributed by atoms with Gasteiger partial charge in [0.15, 0.2) is 0 Å². The zero-order chi connectivity index (χ0) is 14.1. The van der Waals surface area contributed by atoms with E-state index in [0.29, 0.717) is 6.54 Å². The molecule has 0 unspecified atom stereocenters. The Hall–Kier alpha value is -2.40. The smallest absolute Gasteiger partial charge is 0.141 e. The molecule has 0 saturated carbocycles. The fraction of sp³-hybridized carbons (Fsp3) is 0.200. The average Bonchev–Trinajstić information content (AvgIpc) is 2.89. The molecule has 0 aliphatic rings. The highest BCUT2D eigenvalue weighted by Crippen LogP contribution is 2.30. The molecule has 20 heavy (non-hydrogen) atoms. The van der Waals surface area contributed by atoms with E-state index in [1.807, 2.05) is 37.4 Å². The molecule has 0 bridgehead atoms. The van der Waals surface area contributed by atoms with Crippen molar-refractivity contribution in [1.82, 2.24) is 15.0 Å². The van der Waals surface area contributed by atoms with Crippen molar-refractivity contribution >= 4 is 11.0 Å². The molecule has 5 heteroatoms. The molecule has 0 aliphatic heterocycles. The molecule has 3 rings (SSSR count). The number of hydrogen-bond acceptors (Lipinski definition) is 4. The summed E-state index contributed by atoms with van der Waals surface area (Å²) in [7, 11) is 1.65. The Morgan fingerprint density at radius 3 is 2.90 bits per heavy atom. The van der Waals surface area contributed by atoms with E-state index < -0.39 is 0 Å². The first kappa shape index (κ1) is 12.6. The van der Waals surface area contributed by atoms with Gasteiger partial charge in [0.2, 0.25) is 0 Å². The van der Waals surface area contributed by atoms with Crippen molar-refractivity contribution < 1.29 is 4.74 Å². The lowest BCUT2D eigenvalue weighted by Crippen LogP contribution is -1.98. The van der Waals surface area contributed by atoms with Gasteiger partial charge >= 0.3 is 0 Å². The number of methoxy groups -OCH3 is 1. The maximum absolute atomic E-state index is 5.80. The lowest BCUT2D eigenvalue weighted by molar-refractivity contribution is 0.415. The van der Waals surface area contributed by atoms with Crippen LogP contribution in [0.4, 0.5) is 0 Å². The van der Waals surface area contributed by atoms with Crippen molar-refractivity contribution in [3.63, 3.8) is 0 Å². The lowest BCUT2D eigenvalue weighted by atomic mass is 10.1. The Balaban J connectivity index is 2.30. The number of aromatic amines is 1. The van der Waals surface area contributed by atoms with Crippen LogP contribution in [0.25, 0.3) is 22.3 Å². The van der Waals surface area contributed by atoms with E-state index in [0.717, 1.165) is 39.4 Å². The summed E-state index contributed by atoms with van der Waals surface area (Å²) in [5.74, 6) is 1.53. The first-order chi connectivity index (χ1) is 9.72. The summed E-state index contributed by atoms with van der Waals surface area (Å²) < 4.78 is 5.28. The highest BCUT2D eigenvalue weighted by molar-refractivity contribution is 5.93. The Bertz CT molecular complexity index is 764. The average molecular weight is 268 g/mol. The van der Waals surface area contributed by atoms with E-state index in [-0.39, 0.29) is 0 Å². The molecule has 102 valence electrons. The van der Waals surface area contributed by atoms with Gasteiger partial charge in [0.05, 0.1) is 12.8 Å². The van der Waals surface area contributed by atoms with Gasteiger partial charge in [0, 0.05) is 23.7 Å². The highest BCUT2D eigenvalue weighted by Gasteiger charge is 2.13. The predicted molar refractivity (Wildman–Crippen MR) is 78.5 cm³/mol. The fourth-order valence-corrected chi connectivity index (χ4v) is 2.35. The summed E-state index contributed by atoms with van der Waals surface area (Å²) in [6.07, 6.45) is 1.89. The highest BCUT2D eigenvalue weighted by atomic mass is 16.5. The molecule has 0 fully saturated rings. The van der Waals surface area contributed by atoms with Crippen molar-refractivity contribution in [2.45, 2.75) is 13.5 Å². The maximum atomic E-state index is 5.80. The topological polar surface area (TPSA) is 76.8 Å². The number of aromatic nitrogens is 3. The number of ether oxygens (including phenoxy) is 1. The molecule has 0 amide bonds. The zero-order valence-electron chi connectivity index (χ0n) is 11.5. The minimum atomic E-state index is 0.448. The molecular weight excluding hydrogens is 252 g/mol. The molecule has 0 aliphatic carbocycles. The fourth-order valence-electron chi connectivity index (χ4n) is 2.35. The van der Waals surface area contributed by atoms with Gasteiger partial charge in [0.1, 0.15) is 17.2 Å². The molecule has 2 heterocycles. The number of aryl methyl sites for hydroxylation is 1. The molecule has 3 N–H and O–H groups in total. The van der Waals surface area contributed by atoms with Crippen LogP contribution in [0.15, 0.2) is 30.5 Å². The second kappa shape index (κ2) is 4.94.